The van der Waals surface area contributed by atoms with Crippen molar-refractivity contribution in [3.05, 3.63) is 24.3 Å². The van der Waals surface area contributed by atoms with E-state index in [-0.39, 0.29) is 30.8 Å². The fourth-order valence-corrected chi connectivity index (χ4v) is 2.57. The number of ether oxygens (including phenoxy) is 1. The Hall–Kier alpha value is -1.79. The molecule has 1 aromatic rings. The predicted molar refractivity (Wildman–Crippen MR) is 84.7 cm³/mol. The summed E-state index contributed by atoms with van der Waals surface area (Å²) in [7, 11) is 5.68. The van der Waals surface area contributed by atoms with E-state index in [0.29, 0.717) is 23.3 Å². The number of carbonyl (C=O) groups excluding carboxylic acids is 2. The molecule has 2 amide bonds. The molecule has 6 nitrogen and oxygen atoms in total. The number of likely N-dealkylation sites (N-methyl/N-ethyl adjacent to an activating group) is 1. The van der Waals surface area contributed by atoms with Crippen molar-refractivity contribution in [2.24, 2.45) is 0 Å². The van der Waals surface area contributed by atoms with Gasteiger partial charge in [-0.1, -0.05) is 0 Å². The van der Waals surface area contributed by atoms with Crippen molar-refractivity contribution in [1.82, 2.24) is 4.90 Å². The summed E-state index contributed by atoms with van der Waals surface area (Å²) >= 11 is 0. The highest BCUT2D eigenvalue weighted by atomic mass is 35.5. The SMILES string of the molecule is COc1ccc(NC(=O)CN2CCC[N+](C)(C)CC2=O)cc1.[Cl-]. The zero-order valence-corrected chi connectivity index (χ0v) is 14.6. The van der Waals surface area contributed by atoms with Gasteiger partial charge in [-0.2, -0.15) is 0 Å². The van der Waals surface area contributed by atoms with Crippen LogP contribution in [0.15, 0.2) is 24.3 Å². The van der Waals surface area contributed by atoms with E-state index < -0.39 is 0 Å². The summed E-state index contributed by atoms with van der Waals surface area (Å²) in [5.74, 6) is 0.596. The number of benzene rings is 1. The lowest BCUT2D eigenvalue weighted by atomic mass is 10.3. The van der Waals surface area contributed by atoms with E-state index in [0.717, 1.165) is 18.7 Å². The molecule has 0 saturated carbocycles. The third kappa shape index (κ3) is 5.73. The molecule has 1 saturated heterocycles. The summed E-state index contributed by atoms with van der Waals surface area (Å²) in [6, 6.07) is 7.13. The number of rotatable bonds is 4. The van der Waals surface area contributed by atoms with Crippen molar-refractivity contribution in [3.63, 3.8) is 0 Å². The third-order valence-electron chi connectivity index (χ3n) is 3.82. The Balaban J connectivity index is 0.00000264. The molecule has 0 radical (unpaired) electrons. The van der Waals surface area contributed by atoms with Gasteiger partial charge in [0.15, 0.2) is 6.54 Å². The lowest BCUT2D eigenvalue weighted by molar-refractivity contribution is -0.881. The predicted octanol–water partition coefficient (Wildman–Crippen LogP) is -2.05. The Labute approximate surface area is 143 Å². The van der Waals surface area contributed by atoms with Gasteiger partial charge in [0.05, 0.1) is 27.7 Å². The number of carbonyl (C=O) groups is 2. The van der Waals surface area contributed by atoms with Crippen LogP contribution in [-0.4, -0.2) is 68.6 Å². The van der Waals surface area contributed by atoms with Crippen LogP contribution in [0.5, 0.6) is 5.75 Å². The van der Waals surface area contributed by atoms with Gasteiger partial charge in [0, 0.05) is 18.7 Å². The number of hydrogen-bond donors (Lipinski definition) is 1. The van der Waals surface area contributed by atoms with Gasteiger partial charge in [-0.15, -0.1) is 0 Å². The van der Waals surface area contributed by atoms with Gasteiger partial charge in [0.25, 0.3) is 5.91 Å². The van der Waals surface area contributed by atoms with Crippen LogP contribution < -0.4 is 22.5 Å². The minimum atomic E-state index is -0.175. The first kappa shape index (κ1) is 19.3. The quantitative estimate of drug-likeness (QED) is 0.641. The van der Waals surface area contributed by atoms with E-state index in [1.165, 1.54) is 0 Å². The number of anilines is 1. The largest absolute Gasteiger partial charge is 1.00 e. The maximum atomic E-state index is 12.2. The lowest BCUT2D eigenvalue weighted by Crippen LogP contribution is -3.00. The molecule has 0 bridgehead atoms. The fraction of sp³-hybridized carbons (Fsp3) is 0.500. The minimum absolute atomic E-state index is 0. The van der Waals surface area contributed by atoms with Crippen LogP contribution in [-0.2, 0) is 9.59 Å². The standard InChI is InChI=1S/C16H23N3O3.ClH/c1-19(2)10-4-9-18(16(21)12-19)11-15(20)17-13-5-7-14(22-3)8-6-13;/h5-8H,4,9-12H2,1-3H3;1H. The Morgan fingerprint density at radius 3 is 2.57 bits per heavy atom. The third-order valence-corrected chi connectivity index (χ3v) is 3.82. The summed E-state index contributed by atoms with van der Waals surface area (Å²) in [6.07, 6.45) is 0.911. The smallest absolute Gasteiger partial charge is 0.278 e. The van der Waals surface area contributed by atoms with Crippen LogP contribution in [0.3, 0.4) is 0 Å². The average molecular weight is 342 g/mol. The maximum Gasteiger partial charge on any atom is 0.278 e. The second kappa shape index (κ2) is 8.17. The van der Waals surface area contributed by atoms with Crippen LogP contribution >= 0.6 is 0 Å². The number of quaternary nitrogens is 1. The van der Waals surface area contributed by atoms with E-state index in [9.17, 15) is 9.59 Å². The summed E-state index contributed by atoms with van der Waals surface area (Å²) in [5, 5.41) is 2.81. The molecule has 1 aliphatic rings. The molecule has 0 aliphatic carbocycles. The van der Waals surface area contributed by atoms with Crippen LogP contribution in [0.1, 0.15) is 6.42 Å². The van der Waals surface area contributed by atoms with Crippen LogP contribution in [0.2, 0.25) is 0 Å². The molecule has 1 heterocycles. The highest BCUT2D eigenvalue weighted by Gasteiger charge is 2.29. The van der Waals surface area contributed by atoms with Gasteiger partial charge in [0.1, 0.15) is 12.3 Å². The highest BCUT2D eigenvalue weighted by Crippen LogP contribution is 2.15. The molecule has 23 heavy (non-hydrogen) atoms. The van der Waals surface area contributed by atoms with Crippen molar-refractivity contribution in [2.75, 3.05) is 52.7 Å². The number of methoxy groups -OCH3 is 1. The van der Waals surface area contributed by atoms with Crippen LogP contribution in [0.4, 0.5) is 5.69 Å². The average Bonchev–Trinajstić information content (AvgIpc) is 2.58. The normalized spacial score (nSPS) is 17.0. The molecule has 0 aromatic heterocycles. The van der Waals surface area contributed by atoms with Crippen LogP contribution in [0, 0.1) is 0 Å². The monoisotopic (exact) mass is 341 g/mol. The molecule has 0 unspecified atom stereocenters. The van der Waals surface area contributed by atoms with Gasteiger partial charge in [0.2, 0.25) is 5.91 Å². The zero-order valence-electron chi connectivity index (χ0n) is 13.8. The summed E-state index contributed by atoms with van der Waals surface area (Å²) < 4.78 is 5.75. The second-order valence-electron chi connectivity index (χ2n) is 6.26. The molecule has 1 aromatic carbocycles. The Morgan fingerprint density at radius 1 is 1.30 bits per heavy atom. The van der Waals surface area contributed by atoms with Gasteiger partial charge in [-0.3, -0.25) is 9.59 Å². The van der Waals surface area contributed by atoms with Gasteiger partial charge < -0.3 is 31.8 Å². The van der Waals surface area contributed by atoms with Gasteiger partial charge in [-0.25, -0.2) is 0 Å². The number of nitrogens with one attached hydrogen (secondary N) is 1. The van der Waals surface area contributed by atoms with Crippen molar-refractivity contribution in [1.29, 1.82) is 0 Å². The summed E-state index contributed by atoms with van der Waals surface area (Å²) in [5.41, 5.74) is 0.698. The van der Waals surface area contributed by atoms with E-state index in [1.807, 2.05) is 14.1 Å². The molecule has 0 spiro atoms. The van der Waals surface area contributed by atoms with Crippen molar-refractivity contribution in [3.8, 4) is 5.75 Å². The molecule has 7 heteroatoms. The van der Waals surface area contributed by atoms with Crippen molar-refractivity contribution < 1.29 is 31.2 Å². The van der Waals surface area contributed by atoms with E-state index in [2.05, 4.69) is 5.32 Å². The molecule has 1 aliphatic heterocycles. The van der Waals surface area contributed by atoms with Gasteiger partial charge >= 0.3 is 0 Å². The Bertz CT molecular complexity index is 546. The first-order chi connectivity index (χ1) is 10.4. The molecular weight excluding hydrogens is 318 g/mol. The van der Waals surface area contributed by atoms with Crippen LogP contribution in [0.25, 0.3) is 0 Å². The highest BCUT2D eigenvalue weighted by molar-refractivity contribution is 5.94. The topological polar surface area (TPSA) is 58.6 Å². The maximum absolute atomic E-state index is 12.2. The van der Waals surface area contributed by atoms with E-state index in [4.69, 9.17) is 4.74 Å². The Morgan fingerprint density at radius 2 is 1.96 bits per heavy atom. The lowest BCUT2D eigenvalue weighted by Gasteiger charge is -2.26. The number of nitrogens with zero attached hydrogens (tertiary/aromatic N) is 2. The molecule has 1 N–H and O–H groups in total. The molecule has 2 rings (SSSR count). The summed E-state index contributed by atoms with van der Waals surface area (Å²) in [6.45, 7) is 2.12. The second-order valence-corrected chi connectivity index (χ2v) is 6.26. The zero-order chi connectivity index (χ0) is 16.2. The van der Waals surface area contributed by atoms with Gasteiger partial charge in [-0.05, 0) is 24.3 Å². The number of amides is 2. The first-order valence-corrected chi connectivity index (χ1v) is 7.43. The molecule has 1 fully saturated rings. The van der Waals surface area contributed by atoms with Crippen molar-refractivity contribution in [2.45, 2.75) is 6.42 Å². The molecule has 0 atom stereocenters. The fourth-order valence-electron chi connectivity index (χ4n) is 2.57. The molecule has 128 valence electrons. The van der Waals surface area contributed by atoms with E-state index in [1.54, 1.807) is 36.3 Å². The Kier molecular flexibility index (Phi) is 6.84. The molecular formula is C16H24ClN3O3. The van der Waals surface area contributed by atoms with Crippen molar-refractivity contribution >= 4 is 17.5 Å². The summed E-state index contributed by atoms with van der Waals surface area (Å²) in [4.78, 5) is 26.0. The minimum Gasteiger partial charge on any atom is -1.00 e. The number of hydrogen-bond acceptors (Lipinski definition) is 3. The first-order valence-electron chi connectivity index (χ1n) is 7.43. The van der Waals surface area contributed by atoms with E-state index >= 15 is 0 Å². The number of halogens is 1.